The average Bonchev–Trinajstić information content (AvgIpc) is 2.47. The van der Waals surface area contributed by atoms with Crippen molar-refractivity contribution >= 4 is 11.6 Å². The van der Waals surface area contributed by atoms with Crippen LogP contribution in [0.25, 0.3) is 0 Å². The van der Waals surface area contributed by atoms with E-state index in [4.69, 9.17) is 22.2 Å². The second-order valence-corrected chi connectivity index (χ2v) is 4.70. The van der Waals surface area contributed by atoms with Crippen LogP contribution in [0.15, 0.2) is 48.5 Å². The quantitative estimate of drug-likeness (QED) is 0.652. The highest BCUT2D eigenvalue weighted by molar-refractivity contribution is 6.31. The van der Waals surface area contributed by atoms with Crippen molar-refractivity contribution in [3.05, 3.63) is 64.7 Å². The van der Waals surface area contributed by atoms with Crippen LogP contribution < -0.4 is 16.0 Å². The molecule has 0 aromatic heterocycles. The summed E-state index contributed by atoms with van der Waals surface area (Å²) >= 11 is 6.17. The highest BCUT2D eigenvalue weighted by Crippen LogP contribution is 2.24. The van der Waals surface area contributed by atoms with Crippen molar-refractivity contribution in [2.45, 2.75) is 12.5 Å². The molecule has 100 valence electrons. The number of ether oxygens (including phenoxy) is 1. The van der Waals surface area contributed by atoms with Gasteiger partial charge in [-0.3, -0.25) is 11.3 Å². The summed E-state index contributed by atoms with van der Waals surface area (Å²) in [6.45, 7) is 0. The van der Waals surface area contributed by atoms with Crippen LogP contribution in [0.2, 0.25) is 5.02 Å². The average molecular weight is 277 g/mol. The van der Waals surface area contributed by atoms with Gasteiger partial charge in [0, 0.05) is 5.02 Å². The largest absolute Gasteiger partial charge is 0.497 e. The lowest BCUT2D eigenvalue weighted by atomic mass is 9.99. The summed E-state index contributed by atoms with van der Waals surface area (Å²) in [5.74, 6) is 6.48. The molecule has 3 nitrogen and oxygen atoms in total. The molecule has 1 atom stereocenters. The fourth-order valence-corrected chi connectivity index (χ4v) is 2.21. The molecule has 0 radical (unpaired) electrons. The predicted octanol–water partition coefficient (Wildman–Crippen LogP) is 3.10. The lowest BCUT2D eigenvalue weighted by Gasteiger charge is -2.17. The molecular weight excluding hydrogens is 260 g/mol. The molecule has 0 bridgehead atoms. The summed E-state index contributed by atoms with van der Waals surface area (Å²) in [5.41, 5.74) is 5.00. The van der Waals surface area contributed by atoms with Gasteiger partial charge in [0.2, 0.25) is 0 Å². The fourth-order valence-electron chi connectivity index (χ4n) is 1.99. The molecule has 3 N–H and O–H groups in total. The summed E-state index contributed by atoms with van der Waals surface area (Å²) in [4.78, 5) is 0. The third kappa shape index (κ3) is 3.47. The molecule has 0 aliphatic rings. The molecule has 4 heteroatoms. The lowest BCUT2D eigenvalue weighted by molar-refractivity contribution is 0.414. The Balaban J connectivity index is 2.17. The zero-order valence-electron chi connectivity index (χ0n) is 10.8. The molecule has 2 aromatic carbocycles. The van der Waals surface area contributed by atoms with Crippen molar-refractivity contribution in [1.29, 1.82) is 0 Å². The van der Waals surface area contributed by atoms with E-state index in [2.05, 4.69) is 5.43 Å². The summed E-state index contributed by atoms with van der Waals surface area (Å²) in [6.07, 6.45) is 0.739. The minimum absolute atomic E-state index is 0.0193. The first kappa shape index (κ1) is 13.9. The normalized spacial score (nSPS) is 12.2. The topological polar surface area (TPSA) is 47.3 Å². The van der Waals surface area contributed by atoms with E-state index >= 15 is 0 Å². The number of hydrogen-bond donors (Lipinski definition) is 2. The van der Waals surface area contributed by atoms with E-state index in [9.17, 15) is 0 Å². The molecule has 0 saturated heterocycles. The zero-order valence-corrected chi connectivity index (χ0v) is 11.5. The second-order valence-electron chi connectivity index (χ2n) is 4.29. The maximum Gasteiger partial charge on any atom is 0.118 e. The minimum Gasteiger partial charge on any atom is -0.497 e. The van der Waals surface area contributed by atoms with E-state index in [1.54, 1.807) is 7.11 Å². The van der Waals surface area contributed by atoms with Gasteiger partial charge in [-0.15, -0.1) is 0 Å². The van der Waals surface area contributed by atoms with Gasteiger partial charge in [-0.2, -0.15) is 0 Å². The van der Waals surface area contributed by atoms with Gasteiger partial charge in [0.1, 0.15) is 5.75 Å². The molecular formula is C15H17ClN2O. The number of nitrogens with two attached hydrogens (primary N) is 1. The van der Waals surface area contributed by atoms with E-state index in [0.717, 1.165) is 28.3 Å². The smallest absolute Gasteiger partial charge is 0.118 e. The van der Waals surface area contributed by atoms with Crippen LogP contribution in [0.3, 0.4) is 0 Å². The Kier molecular flexibility index (Phi) is 4.80. The number of methoxy groups -OCH3 is 1. The molecule has 0 spiro atoms. The van der Waals surface area contributed by atoms with E-state index < -0.39 is 0 Å². The highest BCUT2D eigenvalue weighted by Gasteiger charge is 2.12. The first-order chi connectivity index (χ1) is 9.24. The van der Waals surface area contributed by atoms with E-state index in [1.165, 1.54) is 0 Å². The van der Waals surface area contributed by atoms with Crippen LogP contribution in [0.5, 0.6) is 5.75 Å². The second kappa shape index (κ2) is 6.57. The van der Waals surface area contributed by atoms with Crippen molar-refractivity contribution in [2.75, 3.05) is 7.11 Å². The predicted molar refractivity (Wildman–Crippen MR) is 78.2 cm³/mol. The Hall–Kier alpha value is -1.55. The van der Waals surface area contributed by atoms with Crippen molar-refractivity contribution in [3.63, 3.8) is 0 Å². The van der Waals surface area contributed by atoms with Gasteiger partial charge in [0.25, 0.3) is 0 Å². The van der Waals surface area contributed by atoms with Gasteiger partial charge < -0.3 is 4.74 Å². The van der Waals surface area contributed by atoms with E-state index in [-0.39, 0.29) is 6.04 Å². The third-order valence-corrected chi connectivity index (χ3v) is 3.47. The Morgan fingerprint density at radius 2 is 1.84 bits per heavy atom. The monoisotopic (exact) mass is 276 g/mol. The maximum absolute atomic E-state index is 6.17. The van der Waals surface area contributed by atoms with Crippen molar-refractivity contribution < 1.29 is 4.74 Å². The Labute approximate surface area is 118 Å². The number of hydrazine groups is 1. The molecule has 0 aliphatic carbocycles. The summed E-state index contributed by atoms with van der Waals surface area (Å²) < 4.78 is 5.15. The van der Waals surface area contributed by atoms with Crippen molar-refractivity contribution in [1.82, 2.24) is 5.43 Å². The van der Waals surface area contributed by atoms with Gasteiger partial charge >= 0.3 is 0 Å². The van der Waals surface area contributed by atoms with Crippen LogP contribution in [0.1, 0.15) is 17.2 Å². The Morgan fingerprint density at radius 1 is 1.16 bits per heavy atom. The Bertz CT molecular complexity index is 528. The summed E-state index contributed by atoms with van der Waals surface area (Å²) in [7, 11) is 1.65. The number of rotatable bonds is 5. The molecule has 0 amide bonds. The van der Waals surface area contributed by atoms with Gasteiger partial charge in [0.15, 0.2) is 0 Å². The van der Waals surface area contributed by atoms with Crippen LogP contribution >= 0.6 is 11.6 Å². The van der Waals surface area contributed by atoms with E-state index in [1.807, 2.05) is 48.5 Å². The minimum atomic E-state index is 0.0193. The van der Waals surface area contributed by atoms with Gasteiger partial charge in [-0.1, -0.05) is 41.9 Å². The van der Waals surface area contributed by atoms with Crippen molar-refractivity contribution in [2.24, 2.45) is 5.84 Å². The van der Waals surface area contributed by atoms with Gasteiger partial charge in [-0.25, -0.2) is 0 Å². The first-order valence-corrected chi connectivity index (χ1v) is 6.46. The molecule has 2 rings (SSSR count). The van der Waals surface area contributed by atoms with Crippen LogP contribution in [0, 0.1) is 0 Å². The van der Waals surface area contributed by atoms with E-state index in [0.29, 0.717) is 0 Å². The van der Waals surface area contributed by atoms with Crippen LogP contribution in [0.4, 0.5) is 0 Å². The maximum atomic E-state index is 6.17. The SMILES string of the molecule is COc1ccc(C(Cc2ccccc2Cl)NN)cc1. The third-order valence-electron chi connectivity index (χ3n) is 3.10. The molecule has 0 aliphatic heterocycles. The Morgan fingerprint density at radius 3 is 2.42 bits per heavy atom. The number of nitrogens with one attached hydrogen (secondary N) is 1. The molecule has 19 heavy (non-hydrogen) atoms. The lowest BCUT2D eigenvalue weighted by Crippen LogP contribution is -2.29. The van der Waals surface area contributed by atoms with Gasteiger partial charge in [-0.05, 0) is 35.7 Å². The molecule has 0 saturated carbocycles. The fraction of sp³-hybridized carbons (Fsp3) is 0.200. The summed E-state index contributed by atoms with van der Waals surface area (Å²) in [5, 5.41) is 0.760. The zero-order chi connectivity index (χ0) is 13.7. The number of halogens is 1. The van der Waals surface area contributed by atoms with Crippen molar-refractivity contribution in [3.8, 4) is 5.75 Å². The highest BCUT2D eigenvalue weighted by atomic mass is 35.5. The van der Waals surface area contributed by atoms with Crippen LogP contribution in [-0.4, -0.2) is 7.11 Å². The van der Waals surface area contributed by atoms with Gasteiger partial charge in [0.05, 0.1) is 13.2 Å². The standard InChI is InChI=1S/C15H17ClN2O/c1-19-13-8-6-11(7-9-13)15(18-17)10-12-4-2-3-5-14(12)16/h2-9,15,18H,10,17H2,1H3. The van der Waals surface area contributed by atoms with Crippen LogP contribution in [-0.2, 0) is 6.42 Å². The summed E-state index contributed by atoms with van der Waals surface area (Å²) in [6, 6.07) is 15.7. The first-order valence-electron chi connectivity index (χ1n) is 6.08. The number of benzene rings is 2. The number of hydrogen-bond acceptors (Lipinski definition) is 3. The molecule has 0 fully saturated rings. The molecule has 2 aromatic rings. The molecule has 0 heterocycles. The molecule has 1 unspecified atom stereocenters.